The zero-order valence-corrected chi connectivity index (χ0v) is 9.50. The molecule has 0 heterocycles. The van der Waals surface area contributed by atoms with Crippen LogP contribution in [-0.2, 0) is 14.3 Å². The summed E-state index contributed by atoms with van der Waals surface area (Å²) in [5.74, 6) is -0.357. The molecule has 2 unspecified atom stereocenters. The fourth-order valence-electron chi connectivity index (χ4n) is 0.848. The molecule has 0 saturated carbocycles. The van der Waals surface area contributed by atoms with Gasteiger partial charge >= 0.3 is 5.97 Å². The molecule has 0 radical (unpaired) electrons. The summed E-state index contributed by atoms with van der Waals surface area (Å²) in [5.41, 5.74) is 0.417. The van der Waals surface area contributed by atoms with Gasteiger partial charge in [0.1, 0.15) is 6.61 Å². The summed E-state index contributed by atoms with van der Waals surface area (Å²) in [7, 11) is 0. The molecule has 0 spiro atoms. The van der Waals surface area contributed by atoms with Crippen molar-refractivity contribution in [3.05, 3.63) is 12.2 Å². The first-order valence-electron chi connectivity index (χ1n) is 4.95. The second-order valence-corrected chi connectivity index (χ2v) is 3.54. The molecule has 0 aromatic carbocycles. The monoisotopic (exact) mass is 200 g/mol. The molecule has 0 N–H and O–H groups in total. The largest absolute Gasteiger partial charge is 0.460 e. The number of carbonyl (C=O) groups excluding carboxylic acids is 1. The van der Waals surface area contributed by atoms with E-state index in [1.54, 1.807) is 6.92 Å². The number of esters is 1. The fraction of sp³-hybridized carbons (Fsp3) is 0.727. The van der Waals surface area contributed by atoms with Crippen molar-refractivity contribution in [1.29, 1.82) is 0 Å². The van der Waals surface area contributed by atoms with Crippen LogP contribution in [0.4, 0.5) is 0 Å². The minimum Gasteiger partial charge on any atom is -0.460 e. The summed E-state index contributed by atoms with van der Waals surface area (Å²) in [4.78, 5) is 11.0. The van der Waals surface area contributed by atoms with Gasteiger partial charge in [-0.05, 0) is 27.2 Å². The van der Waals surface area contributed by atoms with Crippen molar-refractivity contribution >= 4 is 5.97 Å². The van der Waals surface area contributed by atoms with E-state index in [2.05, 4.69) is 13.5 Å². The minimum absolute atomic E-state index is 0.0618. The molecule has 0 aliphatic heterocycles. The van der Waals surface area contributed by atoms with E-state index in [-0.39, 0.29) is 24.8 Å². The lowest BCUT2D eigenvalue weighted by Gasteiger charge is -2.17. The molecule has 0 fully saturated rings. The highest BCUT2D eigenvalue weighted by atomic mass is 16.6. The highest BCUT2D eigenvalue weighted by Gasteiger charge is 2.10. The molecule has 0 saturated heterocycles. The minimum atomic E-state index is -0.357. The fourth-order valence-corrected chi connectivity index (χ4v) is 0.848. The predicted molar refractivity (Wildman–Crippen MR) is 56.1 cm³/mol. The number of ether oxygens (including phenoxy) is 2. The highest BCUT2D eigenvalue weighted by molar-refractivity contribution is 5.86. The maximum Gasteiger partial charge on any atom is 0.333 e. The summed E-state index contributed by atoms with van der Waals surface area (Å²) in [6.07, 6.45) is 1.10. The third kappa shape index (κ3) is 5.75. The van der Waals surface area contributed by atoms with Gasteiger partial charge < -0.3 is 9.47 Å². The van der Waals surface area contributed by atoms with Gasteiger partial charge in [-0.1, -0.05) is 13.5 Å². The molecule has 0 bridgehead atoms. The molecule has 3 nitrogen and oxygen atoms in total. The summed E-state index contributed by atoms with van der Waals surface area (Å²) in [6.45, 7) is 11.3. The van der Waals surface area contributed by atoms with Crippen LogP contribution in [0.15, 0.2) is 12.2 Å². The first kappa shape index (κ1) is 13.2. The predicted octanol–water partition coefficient (Wildman–Crippen LogP) is 2.31. The molecule has 82 valence electrons. The van der Waals surface area contributed by atoms with E-state index < -0.39 is 0 Å². The first-order chi connectivity index (χ1) is 6.47. The Kier molecular flexibility index (Phi) is 6.21. The number of rotatable bonds is 6. The van der Waals surface area contributed by atoms with Crippen LogP contribution in [-0.4, -0.2) is 24.8 Å². The van der Waals surface area contributed by atoms with E-state index in [4.69, 9.17) is 9.47 Å². The number of hydrogen-bond acceptors (Lipinski definition) is 3. The molecular weight excluding hydrogens is 180 g/mol. The van der Waals surface area contributed by atoms with E-state index in [1.165, 1.54) is 0 Å². The van der Waals surface area contributed by atoms with Crippen molar-refractivity contribution in [2.45, 2.75) is 46.3 Å². The second-order valence-electron chi connectivity index (χ2n) is 3.54. The molecule has 0 aliphatic carbocycles. The first-order valence-corrected chi connectivity index (χ1v) is 4.95. The molecule has 0 aromatic rings. The SMILES string of the molecule is C=C(C)C(=O)OCC(C)OC(C)CC. The Morgan fingerprint density at radius 3 is 2.36 bits per heavy atom. The van der Waals surface area contributed by atoms with Gasteiger partial charge in [0.15, 0.2) is 0 Å². The average molecular weight is 200 g/mol. The maximum atomic E-state index is 11.0. The number of carbonyl (C=O) groups is 1. The summed E-state index contributed by atoms with van der Waals surface area (Å²) in [6, 6.07) is 0. The van der Waals surface area contributed by atoms with Crippen molar-refractivity contribution in [2.75, 3.05) is 6.61 Å². The Bertz CT molecular complexity index is 199. The lowest BCUT2D eigenvalue weighted by atomic mass is 10.3. The Morgan fingerprint density at radius 1 is 1.36 bits per heavy atom. The van der Waals surface area contributed by atoms with E-state index in [9.17, 15) is 4.79 Å². The van der Waals surface area contributed by atoms with Crippen LogP contribution >= 0.6 is 0 Å². The molecule has 0 aliphatic rings. The van der Waals surface area contributed by atoms with Crippen molar-refractivity contribution in [3.63, 3.8) is 0 Å². The van der Waals surface area contributed by atoms with Crippen LogP contribution in [0, 0.1) is 0 Å². The van der Waals surface area contributed by atoms with Gasteiger partial charge in [0, 0.05) is 5.57 Å². The zero-order chi connectivity index (χ0) is 11.1. The molecule has 2 atom stereocenters. The maximum absolute atomic E-state index is 11.0. The van der Waals surface area contributed by atoms with E-state index in [1.807, 2.05) is 13.8 Å². The smallest absolute Gasteiger partial charge is 0.333 e. The van der Waals surface area contributed by atoms with Crippen LogP contribution in [0.25, 0.3) is 0 Å². The Labute approximate surface area is 86.1 Å². The van der Waals surface area contributed by atoms with Gasteiger partial charge in [-0.25, -0.2) is 4.79 Å². The summed E-state index contributed by atoms with van der Waals surface area (Å²) < 4.78 is 10.5. The van der Waals surface area contributed by atoms with Crippen molar-refractivity contribution in [2.24, 2.45) is 0 Å². The van der Waals surface area contributed by atoms with Crippen molar-refractivity contribution in [3.8, 4) is 0 Å². The second kappa shape index (κ2) is 6.60. The molecule has 0 aromatic heterocycles. The van der Waals surface area contributed by atoms with Crippen LogP contribution in [0.2, 0.25) is 0 Å². The van der Waals surface area contributed by atoms with Gasteiger partial charge in [0.25, 0.3) is 0 Å². The van der Waals surface area contributed by atoms with Crippen molar-refractivity contribution in [1.82, 2.24) is 0 Å². The van der Waals surface area contributed by atoms with Gasteiger partial charge in [-0.3, -0.25) is 0 Å². The van der Waals surface area contributed by atoms with Crippen LogP contribution in [0.3, 0.4) is 0 Å². The highest BCUT2D eigenvalue weighted by Crippen LogP contribution is 2.03. The third-order valence-corrected chi connectivity index (χ3v) is 1.84. The molecule has 0 amide bonds. The normalized spacial score (nSPS) is 14.6. The lowest BCUT2D eigenvalue weighted by Crippen LogP contribution is -2.23. The van der Waals surface area contributed by atoms with Gasteiger partial charge in [-0.15, -0.1) is 0 Å². The molecular formula is C11H20O3. The van der Waals surface area contributed by atoms with Crippen molar-refractivity contribution < 1.29 is 14.3 Å². The molecule has 0 rings (SSSR count). The molecule has 3 heteroatoms. The topological polar surface area (TPSA) is 35.5 Å². The standard InChI is InChI=1S/C11H20O3/c1-6-9(4)14-10(5)7-13-11(12)8(2)3/h9-10H,2,6-7H2,1,3-5H3. The number of hydrogen-bond donors (Lipinski definition) is 0. The third-order valence-electron chi connectivity index (χ3n) is 1.84. The van der Waals surface area contributed by atoms with E-state index in [0.717, 1.165) is 6.42 Å². The van der Waals surface area contributed by atoms with Crippen LogP contribution < -0.4 is 0 Å². The van der Waals surface area contributed by atoms with E-state index >= 15 is 0 Å². The molecule has 14 heavy (non-hydrogen) atoms. The van der Waals surface area contributed by atoms with Gasteiger partial charge in [-0.2, -0.15) is 0 Å². The summed E-state index contributed by atoms with van der Waals surface area (Å²) in [5, 5.41) is 0. The van der Waals surface area contributed by atoms with Gasteiger partial charge in [0.05, 0.1) is 12.2 Å². The van der Waals surface area contributed by atoms with Gasteiger partial charge in [0.2, 0.25) is 0 Å². The van der Waals surface area contributed by atoms with E-state index in [0.29, 0.717) is 5.57 Å². The Morgan fingerprint density at radius 2 is 1.93 bits per heavy atom. The Balaban J connectivity index is 3.68. The quantitative estimate of drug-likeness (QED) is 0.487. The Hall–Kier alpha value is -0.830. The van der Waals surface area contributed by atoms with Crippen LogP contribution in [0.1, 0.15) is 34.1 Å². The summed E-state index contributed by atoms with van der Waals surface area (Å²) >= 11 is 0. The average Bonchev–Trinajstić information content (AvgIpc) is 2.13. The lowest BCUT2D eigenvalue weighted by molar-refractivity contribution is -0.144. The van der Waals surface area contributed by atoms with Crippen LogP contribution in [0.5, 0.6) is 0 Å². The zero-order valence-electron chi connectivity index (χ0n) is 9.50.